The number of carbonyl (C=O) groups excluding carboxylic acids is 4. The zero-order valence-electron chi connectivity index (χ0n) is 21.2. The van der Waals surface area contributed by atoms with Crippen molar-refractivity contribution in [1.29, 1.82) is 0 Å². The monoisotopic (exact) mass is 510 g/mol. The molecular formula is C27H31FN4O5. The summed E-state index contributed by atoms with van der Waals surface area (Å²) in [6, 6.07) is 9.19. The number of amides is 4. The lowest BCUT2D eigenvalue weighted by atomic mass is 9.97. The van der Waals surface area contributed by atoms with Crippen molar-refractivity contribution in [3.05, 3.63) is 64.5 Å². The standard InChI is InChI=1S/C27H31FN4O5/c1-17-4-5-18-12-21(28)7-6-20(18)14-32(17)24(34)15-31(3)26(36)37-27(16-33)11-10-19-13-22(8-9-23(19)27)30-25(35)29-2/h6-9,12-13,16-17H,4-5,10-11,14-15H2,1-3H3,(H2,29,30,35)/t17-,27+/m0/s1. The highest BCUT2D eigenvalue weighted by Crippen LogP contribution is 2.40. The van der Waals surface area contributed by atoms with E-state index in [1.165, 1.54) is 26.2 Å². The number of hydrogen-bond donors (Lipinski definition) is 2. The summed E-state index contributed by atoms with van der Waals surface area (Å²) in [5, 5.41) is 5.15. The summed E-state index contributed by atoms with van der Waals surface area (Å²) in [5.74, 6) is -0.564. The molecule has 9 nitrogen and oxygen atoms in total. The predicted octanol–water partition coefficient (Wildman–Crippen LogP) is 3.35. The van der Waals surface area contributed by atoms with Gasteiger partial charge < -0.3 is 25.2 Å². The highest BCUT2D eigenvalue weighted by Gasteiger charge is 2.43. The fraction of sp³-hybridized carbons (Fsp3) is 0.407. The van der Waals surface area contributed by atoms with Crippen molar-refractivity contribution < 1.29 is 28.3 Å². The first-order valence-corrected chi connectivity index (χ1v) is 12.2. The Balaban J connectivity index is 1.44. The minimum Gasteiger partial charge on any atom is -0.430 e. The van der Waals surface area contributed by atoms with Crippen molar-refractivity contribution in [3.8, 4) is 0 Å². The average molecular weight is 511 g/mol. The summed E-state index contributed by atoms with van der Waals surface area (Å²) < 4.78 is 19.4. The Labute approximate surface area is 214 Å². The molecular weight excluding hydrogens is 479 g/mol. The SMILES string of the molecule is CNC(=O)Nc1ccc2c(c1)CC[C@]2(C=O)OC(=O)N(C)CC(=O)N1Cc2ccc(F)cc2CC[C@@H]1C. The molecule has 4 amide bonds. The number of nitrogens with zero attached hydrogens (tertiary/aromatic N) is 2. The minimum absolute atomic E-state index is 0.0898. The highest BCUT2D eigenvalue weighted by molar-refractivity contribution is 5.89. The van der Waals surface area contributed by atoms with Crippen LogP contribution in [0.4, 0.5) is 19.7 Å². The van der Waals surface area contributed by atoms with Gasteiger partial charge in [-0.2, -0.15) is 0 Å². The first-order valence-electron chi connectivity index (χ1n) is 12.2. The van der Waals surface area contributed by atoms with E-state index >= 15 is 0 Å². The number of anilines is 1. The van der Waals surface area contributed by atoms with Gasteiger partial charge in [0, 0.05) is 44.4 Å². The number of likely N-dealkylation sites (N-methyl/N-ethyl adjacent to an activating group) is 1. The van der Waals surface area contributed by atoms with Crippen molar-refractivity contribution in [3.63, 3.8) is 0 Å². The second-order valence-corrected chi connectivity index (χ2v) is 9.63. The second-order valence-electron chi connectivity index (χ2n) is 9.63. The van der Waals surface area contributed by atoms with E-state index in [4.69, 9.17) is 4.74 Å². The molecule has 2 atom stereocenters. The summed E-state index contributed by atoms with van der Waals surface area (Å²) in [6.07, 6.45) is 1.92. The zero-order chi connectivity index (χ0) is 26.7. The maximum Gasteiger partial charge on any atom is 0.411 e. The van der Waals surface area contributed by atoms with Gasteiger partial charge in [0.15, 0.2) is 11.9 Å². The van der Waals surface area contributed by atoms with Crippen LogP contribution in [0, 0.1) is 5.82 Å². The van der Waals surface area contributed by atoms with Crippen LogP contribution in [0.2, 0.25) is 0 Å². The Morgan fingerprint density at radius 2 is 1.95 bits per heavy atom. The molecule has 10 heteroatoms. The topological polar surface area (TPSA) is 108 Å². The van der Waals surface area contributed by atoms with E-state index in [0.717, 1.165) is 21.6 Å². The molecule has 196 valence electrons. The molecule has 0 radical (unpaired) electrons. The molecule has 0 saturated heterocycles. The van der Waals surface area contributed by atoms with Gasteiger partial charge in [0.05, 0.1) is 0 Å². The van der Waals surface area contributed by atoms with Crippen LogP contribution in [-0.2, 0) is 39.3 Å². The number of carbonyl (C=O) groups is 4. The van der Waals surface area contributed by atoms with Crippen LogP contribution in [0.1, 0.15) is 42.0 Å². The fourth-order valence-corrected chi connectivity index (χ4v) is 4.96. The summed E-state index contributed by atoms with van der Waals surface area (Å²) in [7, 11) is 2.96. The molecule has 37 heavy (non-hydrogen) atoms. The molecule has 1 aliphatic carbocycles. The summed E-state index contributed by atoms with van der Waals surface area (Å²) >= 11 is 0. The van der Waals surface area contributed by atoms with Crippen LogP contribution in [0.5, 0.6) is 0 Å². The average Bonchev–Trinajstić information content (AvgIpc) is 3.14. The van der Waals surface area contributed by atoms with Gasteiger partial charge >= 0.3 is 12.1 Å². The number of aldehydes is 1. The third kappa shape index (κ3) is 5.42. The number of nitrogens with one attached hydrogen (secondary N) is 2. The van der Waals surface area contributed by atoms with Crippen molar-refractivity contribution in [2.75, 3.05) is 26.0 Å². The quantitative estimate of drug-likeness (QED) is 0.600. The van der Waals surface area contributed by atoms with Gasteiger partial charge in [-0.3, -0.25) is 9.59 Å². The van der Waals surface area contributed by atoms with E-state index in [-0.39, 0.29) is 36.8 Å². The summed E-state index contributed by atoms with van der Waals surface area (Å²) in [4.78, 5) is 52.8. The number of benzene rings is 2. The van der Waals surface area contributed by atoms with Crippen molar-refractivity contribution in [1.82, 2.24) is 15.1 Å². The summed E-state index contributed by atoms with van der Waals surface area (Å²) in [5.41, 5.74) is 2.22. The molecule has 0 fully saturated rings. The van der Waals surface area contributed by atoms with Gasteiger partial charge in [-0.15, -0.1) is 0 Å². The number of halogens is 1. The molecule has 1 heterocycles. The van der Waals surface area contributed by atoms with E-state index in [9.17, 15) is 23.6 Å². The van der Waals surface area contributed by atoms with Crippen LogP contribution < -0.4 is 10.6 Å². The molecule has 0 saturated carbocycles. The van der Waals surface area contributed by atoms with Crippen LogP contribution in [-0.4, -0.2) is 60.8 Å². The molecule has 0 bridgehead atoms. The lowest BCUT2D eigenvalue weighted by molar-refractivity contribution is -0.135. The van der Waals surface area contributed by atoms with Gasteiger partial charge in [-0.25, -0.2) is 14.0 Å². The number of hydrogen-bond acceptors (Lipinski definition) is 5. The Morgan fingerprint density at radius 1 is 1.16 bits per heavy atom. The molecule has 0 unspecified atom stereocenters. The zero-order valence-corrected chi connectivity index (χ0v) is 21.2. The lowest BCUT2D eigenvalue weighted by Crippen LogP contribution is -2.46. The first kappa shape index (κ1) is 26.1. The van der Waals surface area contributed by atoms with E-state index in [0.29, 0.717) is 43.3 Å². The third-order valence-electron chi connectivity index (χ3n) is 7.15. The van der Waals surface area contributed by atoms with Crippen molar-refractivity contribution in [2.45, 2.75) is 50.8 Å². The van der Waals surface area contributed by atoms with Gasteiger partial charge in [0.1, 0.15) is 12.4 Å². The number of fused-ring (bicyclic) bond motifs is 2. The molecule has 1 aliphatic heterocycles. The molecule has 0 aromatic heterocycles. The maximum absolute atomic E-state index is 13.7. The van der Waals surface area contributed by atoms with Crippen LogP contribution in [0.3, 0.4) is 0 Å². The maximum atomic E-state index is 13.7. The van der Waals surface area contributed by atoms with Gasteiger partial charge in [0.25, 0.3) is 0 Å². The number of ether oxygens (including phenoxy) is 1. The van der Waals surface area contributed by atoms with Crippen LogP contribution in [0.25, 0.3) is 0 Å². The molecule has 2 aromatic rings. The Morgan fingerprint density at radius 3 is 2.68 bits per heavy atom. The minimum atomic E-state index is -1.46. The van der Waals surface area contributed by atoms with Crippen LogP contribution in [0.15, 0.2) is 36.4 Å². The Bertz CT molecular complexity index is 1240. The number of rotatable bonds is 5. The predicted molar refractivity (Wildman–Crippen MR) is 134 cm³/mol. The number of urea groups is 1. The molecule has 4 rings (SSSR count). The van der Waals surface area contributed by atoms with E-state index in [1.54, 1.807) is 29.2 Å². The number of aryl methyl sites for hydroxylation is 2. The molecule has 2 N–H and O–H groups in total. The fourth-order valence-electron chi connectivity index (χ4n) is 4.96. The summed E-state index contributed by atoms with van der Waals surface area (Å²) in [6.45, 7) is 2.04. The molecule has 2 aliphatic rings. The first-order chi connectivity index (χ1) is 17.7. The lowest BCUT2D eigenvalue weighted by Gasteiger charge is -2.31. The second kappa shape index (κ2) is 10.6. The normalized spacial score (nSPS) is 20.2. The van der Waals surface area contributed by atoms with Crippen LogP contribution >= 0.6 is 0 Å². The smallest absolute Gasteiger partial charge is 0.411 e. The highest BCUT2D eigenvalue weighted by atomic mass is 19.1. The Hall–Kier alpha value is -3.95. The largest absolute Gasteiger partial charge is 0.430 e. The molecule has 2 aromatic carbocycles. The van der Waals surface area contributed by atoms with Gasteiger partial charge in [-0.1, -0.05) is 12.1 Å². The van der Waals surface area contributed by atoms with E-state index in [2.05, 4.69) is 10.6 Å². The molecule has 0 spiro atoms. The van der Waals surface area contributed by atoms with Crippen molar-refractivity contribution in [2.24, 2.45) is 0 Å². The van der Waals surface area contributed by atoms with Gasteiger partial charge in [-0.05, 0) is 67.1 Å². The van der Waals surface area contributed by atoms with Gasteiger partial charge in [0.2, 0.25) is 5.91 Å². The third-order valence-corrected chi connectivity index (χ3v) is 7.15. The Kier molecular flexibility index (Phi) is 7.47. The van der Waals surface area contributed by atoms with E-state index < -0.39 is 11.7 Å². The van der Waals surface area contributed by atoms with E-state index in [1.807, 2.05) is 6.92 Å². The van der Waals surface area contributed by atoms with Crippen molar-refractivity contribution >= 4 is 30.0 Å².